The van der Waals surface area contributed by atoms with Gasteiger partial charge in [-0.1, -0.05) is 22.0 Å². The van der Waals surface area contributed by atoms with Gasteiger partial charge in [-0.3, -0.25) is 0 Å². The highest BCUT2D eigenvalue weighted by Gasteiger charge is 2.08. The Labute approximate surface area is 114 Å². The largest absolute Gasteiger partial charge is 0.396 e. The van der Waals surface area contributed by atoms with Crippen LogP contribution in [0, 0.1) is 5.82 Å². The van der Waals surface area contributed by atoms with Gasteiger partial charge in [-0.25, -0.2) is 4.39 Å². The molecule has 1 unspecified atom stereocenters. The third kappa shape index (κ3) is 5.38. The fourth-order valence-electron chi connectivity index (χ4n) is 1.52. The SMILES string of the molecule is CSCC(CCO)NCc1ccc(F)cc1Br. The number of thioether (sulfide) groups is 1. The molecule has 0 aromatic heterocycles. The molecule has 1 rings (SSSR count). The van der Waals surface area contributed by atoms with Crippen LogP contribution in [0.3, 0.4) is 0 Å². The number of aliphatic hydroxyl groups is 1. The average molecular weight is 322 g/mol. The first kappa shape index (κ1) is 15.0. The maximum Gasteiger partial charge on any atom is 0.124 e. The minimum atomic E-state index is -0.239. The first-order valence-electron chi connectivity index (χ1n) is 5.44. The van der Waals surface area contributed by atoms with Gasteiger partial charge in [0.1, 0.15) is 5.82 Å². The molecule has 0 aliphatic heterocycles. The van der Waals surface area contributed by atoms with Crippen LogP contribution in [0.15, 0.2) is 22.7 Å². The summed E-state index contributed by atoms with van der Waals surface area (Å²) in [4.78, 5) is 0. The van der Waals surface area contributed by atoms with E-state index in [1.807, 2.05) is 6.26 Å². The minimum absolute atomic E-state index is 0.183. The monoisotopic (exact) mass is 321 g/mol. The number of hydrogen-bond acceptors (Lipinski definition) is 3. The quantitative estimate of drug-likeness (QED) is 0.810. The van der Waals surface area contributed by atoms with Crippen molar-refractivity contribution in [1.82, 2.24) is 5.32 Å². The lowest BCUT2D eigenvalue weighted by Gasteiger charge is -2.17. The first-order valence-corrected chi connectivity index (χ1v) is 7.63. The molecule has 0 aliphatic rings. The second-order valence-corrected chi connectivity index (χ2v) is 5.55. The van der Waals surface area contributed by atoms with Crippen molar-refractivity contribution in [3.8, 4) is 0 Å². The van der Waals surface area contributed by atoms with E-state index >= 15 is 0 Å². The molecule has 1 aromatic carbocycles. The Bertz CT molecular complexity index is 345. The summed E-state index contributed by atoms with van der Waals surface area (Å²) >= 11 is 5.09. The van der Waals surface area contributed by atoms with Gasteiger partial charge in [0.05, 0.1) is 0 Å². The van der Waals surface area contributed by atoms with Crippen LogP contribution in [0.1, 0.15) is 12.0 Å². The third-order valence-electron chi connectivity index (χ3n) is 2.44. The molecular weight excluding hydrogens is 305 g/mol. The molecule has 17 heavy (non-hydrogen) atoms. The summed E-state index contributed by atoms with van der Waals surface area (Å²) in [6.07, 6.45) is 2.78. The molecule has 0 heterocycles. The van der Waals surface area contributed by atoms with Crippen LogP contribution in [0.2, 0.25) is 0 Å². The standard InChI is InChI=1S/C12H17BrFNOS/c1-17-8-11(4-5-16)15-7-9-2-3-10(14)6-12(9)13/h2-3,6,11,15-16H,4-5,7-8H2,1H3. The van der Waals surface area contributed by atoms with Gasteiger partial charge >= 0.3 is 0 Å². The van der Waals surface area contributed by atoms with Gasteiger partial charge in [0.2, 0.25) is 0 Å². The number of hydrogen-bond donors (Lipinski definition) is 2. The van der Waals surface area contributed by atoms with Crippen LogP contribution in [-0.4, -0.2) is 29.8 Å². The average Bonchev–Trinajstić information content (AvgIpc) is 2.28. The zero-order chi connectivity index (χ0) is 12.7. The van der Waals surface area contributed by atoms with E-state index in [1.165, 1.54) is 12.1 Å². The highest BCUT2D eigenvalue weighted by molar-refractivity contribution is 9.10. The van der Waals surface area contributed by atoms with Crippen molar-refractivity contribution in [2.24, 2.45) is 0 Å². The zero-order valence-electron chi connectivity index (χ0n) is 9.75. The lowest BCUT2D eigenvalue weighted by atomic mass is 10.2. The molecule has 0 spiro atoms. The van der Waals surface area contributed by atoms with E-state index in [0.717, 1.165) is 22.2 Å². The number of rotatable bonds is 7. The molecule has 96 valence electrons. The van der Waals surface area contributed by atoms with Gasteiger partial charge in [-0.05, 0) is 30.4 Å². The molecule has 0 amide bonds. The van der Waals surface area contributed by atoms with E-state index in [9.17, 15) is 4.39 Å². The molecule has 5 heteroatoms. The van der Waals surface area contributed by atoms with E-state index in [-0.39, 0.29) is 18.5 Å². The van der Waals surface area contributed by atoms with Crippen molar-refractivity contribution in [2.45, 2.75) is 19.0 Å². The smallest absolute Gasteiger partial charge is 0.124 e. The summed E-state index contributed by atoms with van der Waals surface area (Å²) in [5, 5.41) is 12.3. The Morgan fingerprint density at radius 2 is 2.29 bits per heavy atom. The first-order chi connectivity index (χ1) is 8.17. The summed E-state index contributed by atoms with van der Waals surface area (Å²) in [7, 11) is 0. The predicted molar refractivity (Wildman–Crippen MR) is 74.8 cm³/mol. The summed E-state index contributed by atoms with van der Waals surface area (Å²) in [6, 6.07) is 4.97. The highest BCUT2D eigenvalue weighted by atomic mass is 79.9. The molecular formula is C12H17BrFNOS. The highest BCUT2D eigenvalue weighted by Crippen LogP contribution is 2.18. The Kier molecular flexibility index (Phi) is 7.11. The predicted octanol–water partition coefficient (Wildman–Crippen LogP) is 2.79. The fourth-order valence-corrected chi connectivity index (χ4v) is 2.70. The van der Waals surface area contributed by atoms with E-state index in [2.05, 4.69) is 21.2 Å². The third-order valence-corrected chi connectivity index (χ3v) is 3.92. The van der Waals surface area contributed by atoms with E-state index in [0.29, 0.717) is 6.54 Å². The molecule has 0 aliphatic carbocycles. The molecule has 2 N–H and O–H groups in total. The Morgan fingerprint density at radius 1 is 1.53 bits per heavy atom. The summed E-state index contributed by atoms with van der Waals surface area (Å²) < 4.78 is 13.7. The summed E-state index contributed by atoms with van der Waals surface area (Å²) in [5.74, 6) is 0.718. The van der Waals surface area contributed by atoms with Gasteiger partial charge < -0.3 is 10.4 Å². The molecule has 2 nitrogen and oxygen atoms in total. The van der Waals surface area contributed by atoms with Crippen molar-refractivity contribution < 1.29 is 9.50 Å². The minimum Gasteiger partial charge on any atom is -0.396 e. The lowest BCUT2D eigenvalue weighted by molar-refractivity contribution is 0.269. The summed E-state index contributed by atoms with van der Waals surface area (Å²) in [5.41, 5.74) is 1.02. The molecule has 0 saturated heterocycles. The Hall–Kier alpha value is -0.100. The van der Waals surface area contributed by atoms with Crippen molar-refractivity contribution in [3.05, 3.63) is 34.1 Å². The molecule has 0 bridgehead atoms. The van der Waals surface area contributed by atoms with E-state index < -0.39 is 0 Å². The van der Waals surface area contributed by atoms with Crippen LogP contribution in [0.5, 0.6) is 0 Å². The Balaban J connectivity index is 2.52. The molecule has 0 fully saturated rings. The maximum absolute atomic E-state index is 12.9. The number of halogens is 2. The Morgan fingerprint density at radius 3 is 2.88 bits per heavy atom. The van der Waals surface area contributed by atoms with Crippen molar-refractivity contribution in [1.29, 1.82) is 0 Å². The van der Waals surface area contributed by atoms with E-state index in [4.69, 9.17) is 5.11 Å². The zero-order valence-corrected chi connectivity index (χ0v) is 12.2. The lowest BCUT2D eigenvalue weighted by Crippen LogP contribution is -2.31. The topological polar surface area (TPSA) is 32.3 Å². The van der Waals surface area contributed by atoms with Crippen molar-refractivity contribution in [3.63, 3.8) is 0 Å². The number of aliphatic hydroxyl groups excluding tert-OH is 1. The van der Waals surface area contributed by atoms with Crippen molar-refractivity contribution in [2.75, 3.05) is 18.6 Å². The second kappa shape index (κ2) is 8.08. The van der Waals surface area contributed by atoms with Crippen LogP contribution < -0.4 is 5.32 Å². The van der Waals surface area contributed by atoms with Gasteiger partial charge in [0.25, 0.3) is 0 Å². The normalized spacial score (nSPS) is 12.7. The summed E-state index contributed by atoms with van der Waals surface area (Å²) in [6.45, 7) is 0.856. The molecule has 0 radical (unpaired) electrons. The van der Waals surface area contributed by atoms with Gasteiger partial charge in [0.15, 0.2) is 0 Å². The molecule has 1 aromatic rings. The maximum atomic E-state index is 12.9. The van der Waals surface area contributed by atoms with Gasteiger partial charge in [-0.2, -0.15) is 11.8 Å². The number of benzene rings is 1. The molecule has 1 atom stereocenters. The molecule has 0 saturated carbocycles. The number of nitrogens with one attached hydrogen (secondary N) is 1. The fraction of sp³-hybridized carbons (Fsp3) is 0.500. The van der Waals surface area contributed by atoms with E-state index in [1.54, 1.807) is 17.8 Å². The van der Waals surface area contributed by atoms with Crippen LogP contribution >= 0.6 is 27.7 Å². The van der Waals surface area contributed by atoms with Gasteiger partial charge in [-0.15, -0.1) is 0 Å². The van der Waals surface area contributed by atoms with Crippen LogP contribution in [0.4, 0.5) is 4.39 Å². The second-order valence-electron chi connectivity index (χ2n) is 3.78. The van der Waals surface area contributed by atoms with Crippen molar-refractivity contribution >= 4 is 27.7 Å². The van der Waals surface area contributed by atoms with Crippen LogP contribution in [-0.2, 0) is 6.54 Å². The van der Waals surface area contributed by atoms with Gasteiger partial charge in [0, 0.05) is 29.4 Å². The van der Waals surface area contributed by atoms with Crippen LogP contribution in [0.25, 0.3) is 0 Å².